The number of rotatable bonds is 3. The van der Waals surface area contributed by atoms with Crippen LogP contribution in [0, 0.1) is 18.4 Å². The Morgan fingerprint density at radius 3 is 2.89 bits per heavy atom. The van der Waals surface area contributed by atoms with Crippen molar-refractivity contribution in [2.75, 3.05) is 6.61 Å². The van der Waals surface area contributed by atoms with Gasteiger partial charge in [-0.25, -0.2) is 9.24 Å². The summed E-state index contributed by atoms with van der Waals surface area (Å²) in [5.74, 6) is 0.511. The molecule has 0 amide bonds. The smallest absolute Gasteiger partial charge is 0.462 e. The number of ether oxygens (including phenoxy) is 1. The molecule has 7 nitrogen and oxygen atoms in total. The first-order valence-corrected chi connectivity index (χ1v) is 10.1. The minimum atomic E-state index is -3.76. The van der Waals surface area contributed by atoms with E-state index in [1.807, 2.05) is 49.4 Å². The Labute approximate surface area is 157 Å². The first-order valence-electron chi connectivity index (χ1n) is 8.56. The molecule has 0 unspecified atom stereocenters. The van der Waals surface area contributed by atoms with Gasteiger partial charge in [-0.05, 0) is 25.0 Å². The van der Waals surface area contributed by atoms with Gasteiger partial charge in [-0.2, -0.15) is 5.26 Å². The summed E-state index contributed by atoms with van der Waals surface area (Å²) in [7, 11) is -3.76. The van der Waals surface area contributed by atoms with E-state index in [-0.39, 0.29) is 25.3 Å². The van der Waals surface area contributed by atoms with Crippen LogP contribution in [-0.2, 0) is 26.9 Å². The summed E-state index contributed by atoms with van der Waals surface area (Å²) in [6.45, 7) is 2.37. The van der Waals surface area contributed by atoms with Crippen molar-refractivity contribution >= 4 is 13.8 Å². The number of aliphatic imine (C=N–C) groups is 1. The van der Waals surface area contributed by atoms with E-state index in [9.17, 15) is 4.57 Å². The van der Waals surface area contributed by atoms with Gasteiger partial charge >= 0.3 is 13.8 Å². The van der Waals surface area contributed by atoms with Crippen molar-refractivity contribution < 1.29 is 18.3 Å². The van der Waals surface area contributed by atoms with E-state index in [0.29, 0.717) is 12.2 Å². The summed E-state index contributed by atoms with van der Waals surface area (Å²) in [6, 6.07) is 15.0. The van der Waals surface area contributed by atoms with Crippen LogP contribution >= 0.6 is 7.75 Å². The maximum Gasteiger partial charge on any atom is 0.493 e. The van der Waals surface area contributed by atoms with Crippen LogP contribution < -0.4 is 4.52 Å². The normalized spacial score (nSPS) is 25.4. The fourth-order valence-electron chi connectivity index (χ4n) is 3.24. The van der Waals surface area contributed by atoms with Gasteiger partial charge < -0.3 is 9.26 Å². The fourth-order valence-corrected chi connectivity index (χ4v) is 5.10. The average Bonchev–Trinajstić information content (AvgIpc) is 3.06. The molecule has 1 saturated heterocycles. The first-order chi connectivity index (χ1) is 13.1. The molecular weight excluding hydrogens is 365 g/mol. The van der Waals surface area contributed by atoms with Gasteiger partial charge in [-0.15, -0.1) is 4.99 Å². The van der Waals surface area contributed by atoms with Gasteiger partial charge in [0.25, 0.3) is 0 Å². The van der Waals surface area contributed by atoms with Crippen LogP contribution in [0.1, 0.15) is 16.7 Å². The lowest BCUT2D eigenvalue weighted by Crippen LogP contribution is -2.36. The molecule has 4 rings (SSSR count). The molecule has 0 aromatic heterocycles. The number of nitrogens with zero attached hydrogens (tertiary/aromatic N) is 3. The third-order valence-corrected chi connectivity index (χ3v) is 6.39. The summed E-state index contributed by atoms with van der Waals surface area (Å²) in [5.41, 5.74) is 2.95. The number of benzene rings is 2. The molecule has 0 aliphatic carbocycles. The van der Waals surface area contributed by atoms with Crippen molar-refractivity contribution in [3.63, 3.8) is 0 Å². The Morgan fingerprint density at radius 1 is 1.30 bits per heavy atom. The van der Waals surface area contributed by atoms with Crippen molar-refractivity contribution in [2.45, 2.75) is 26.0 Å². The summed E-state index contributed by atoms with van der Waals surface area (Å²) < 4.78 is 32.0. The lowest BCUT2D eigenvalue weighted by Gasteiger charge is -2.33. The van der Waals surface area contributed by atoms with Crippen molar-refractivity contribution in [3.05, 3.63) is 65.2 Å². The molecular formula is C19H18N3O4P. The molecule has 2 aromatic carbocycles. The molecule has 1 fully saturated rings. The SMILES string of the molecule is Cc1ccc2c(c1)CO[P@@](=O)(N1C(=NC#N)OC[C@H]1Cc1ccccc1)O2. The lowest BCUT2D eigenvalue weighted by molar-refractivity contribution is 0.194. The molecule has 2 atom stereocenters. The van der Waals surface area contributed by atoms with Crippen LogP contribution in [0.5, 0.6) is 5.75 Å². The predicted octanol–water partition coefficient (Wildman–Crippen LogP) is 3.79. The molecule has 2 aromatic rings. The molecule has 2 heterocycles. The molecule has 27 heavy (non-hydrogen) atoms. The lowest BCUT2D eigenvalue weighted by atomic mass is 10.1. The third kappa shape index (κ3) is 3.42. The standard InChI is InChI=1S/C19H18N3O4P/c1-14-7-8-18-16(9-14)11-25-27(23,26-18)22-17(12-24-19(22)21-13-20)10-15-5-3-2-4-6-15/h2-9,17H,10-12H2,1H3/t17-,27+/m1/s1. The molecule has 0 saturated carbocycles. The minimum absolute atomic E-state index is 0.0303. The third-order valence-electron chi connectivity index (χ3n) is 4.48. The molecule has 138 valence electrons. The highest BCUT2D eigenvalue weighted by Crippen LogP contribution is 2.58. The first kappa shape index (κ1) is 17.6. The predicted molar refractivity (Wildman–Crippen MR) is 99.0 cm³/mol. The Bertz CT molecular complexity index is 971. The molecule has 2 aliphatic rings. The second-order valence-corrected chi connectivity index (χ2v) is 8.25. The van der Waals surface area contributed by atoms with E-state index in [2.05, 4.69) is 4.99 Å². The zero-order valence-electron chi connectivity index (χ0n) is 14.7. The summed E-state index contributed by atoms with van der Waals surface area (Å²) in [5, 5.41) is 8.98. The highest BCUT2D eigenvalue weighted by molar-refractivity contribution is 7.52. The highest BCUT2D eigenvalue weighted by Gasteiger charge is 2.49. The van der Waals surface area contributed by atoms with Gasteiger partial charge in [0.15, 0.2) is 0 Å². The van der Waals surface area contributed by atoms with Crippen LogP contribution in [-0.4, -0.2) is 23.3 Å². The Balaban J connectivity index is 1.67. The molecule has 0 N–H and O–H groups in total. The molecule has 0 radical (unpaired) electrons. The van der Waals surface area contributed by atoms with Gasteiger partial charge in [0, 0.05) is 5.56 Å². The number of aryl methyl sites for hydroxylation is 1. The summed E-state index contributed by atoms with van der Waals surface area (Å²) in [6.07, 6.45) is 2.25. The molecule has 8 heteroatoms. The summed E-state index contributed by atoms with van der Waals surface area (Å²) >= 11 is 0. The van der Waals surface area contributed by atoms with Crippen LogP contribution in [0.4, 0.5) is 0 Å². The fraction of sp³-hybridized carbons (Fsp3) is 0.263. The Morgan fingerprint density at radius 2 is 2.11 bits per heavy atom. The number of amidine groups is 1. The minimum Gasteiger partial charge on any atom is -0.462 e. The van der Waals surface area contributed by atoms with Gasteiger partial charge in [-0.1, -0.05) is 48.0 Å². The van der Waals surface area contributed by atoms with Gasteiger partial charge in [0.05, 0.1) is 12.6 Å². The molecule has 0 bridgehead atoms. The second kappa shape index (κ2) is 7.07. The highest BCUT2D eigenvalue weighted by atomic mass is 31.2. The van der Waals surface area contributed by atoms with E-state index in [1.165, 1.54) is 4.67 Å². The second-order valence-electron chi connectivity index (χ2n) is 6.44. The number of hydrogen-bond donors (Lipinski definition) is 0. The number of nitriles is 1. The number of hydrogen-bond acceptors (Lipinski definition) is 6. The number of fused-ring (bicyclic) bond motifs is 1. The molecule has 2 aliphatic heterocycles. The Hall–Kier alpha value is -2.81. The van der Waals surface area contributed by atoms with Crippen LogP contribution in [0.25, 0.3) is 0 Å². The monoisotopic (exact) mass is 383 g/mol. The average molecular weight is 383 g/mol. The Kier molecular flexibility index (Phi) is 4.61. The maximum absolute atomic E-state index is 13.6. The van der Waals surface area contributed by atoms with E-state index in [0.717, 1.165) is 16.7 Å². The van der Waals surface area contributed by atoms with Crippen LogP contribution in [0.15, 0.2) is 53.5 Å². The van der Waals surface area contributed by atoms with Crippen molar-refractivity contribution in [1.82, 2.24) is 4.67 Å². The molecule has 0 spiro atoms. The largest absolute Gasteiger partial charge is 0.493 e. The van der Waals surface area contributed by atoms with E-state index >= 15 is 0 Å². The topological polar surface area (TPSA) is 84.2 Å². The van der Waals surface area contributed by atoms with Crippen LogP contribution in [0.2, 0.25) is 0 Å². The van der Waals surface area contributed by atoms with E-state index < -0.39 is 7.75 Å². The van der Waals surface area contributed by atoms with Crippen LogP contribution in [0.3, 0.4) is 0 Å². The van der Waals surface area contributed by atoms with E-state index in [4.69, 9.17) is 19.0 Å². The van der Waals surface area contributed by atoms with Crippen molar-refractivity contribution in [3.8, 4) is 11.9 Å². The summed E-state index contributed by atoms with van der Waals surface area (Å²) in [4.78, 5) is 3.68. The quantitative estimate of drug-likeness (QED) is 0.592. The van der Waals surface area contributed by atoms with Gasteiger partial charge in [-0.3, -0.25) is 4.52 Å². The van der Waals surface area contributed by atoms with Crippen molar-refractivity contribution in [1.29, 1.82) is 5.26 Å². The van der Waals surface area contributed by atoms with Gasteiger partial charge in [0.2, 0.25) is 6.19 Å². The van der Waals surface area contributed by atoms with E-state index in [1.54, 1.807) is 12.3 Å². The van der Waals surface area contributed by atoms with Gasteiger partial charge in [0.1, 0.15) is 12.4 Å². The zero-order valence-corrected chi connectivity index (χ0v) is 15.6. The maximum atomic E-state index is 13.6. The zero-order chi connectivity index (χ0) is 18.9. The van der Waals surface area contributed by atoms with Crippen molar-refractivity contribution in [2.24, 2.45) is 4.99 Å².